The van der Waals surface area contributed by atoms with Gasteiger partial charge in [-0.1, -0.05) is 0 Å². The molecule has 5 N–H and O–H groups in total. The minimum atomic E-state index is -1.01. The summed E-state index contributed by atoms with van der Waals surface area (Å²) in [6, 6.07) is 0. The van der Waals surface area contributed by atoms with Crippen LogP contribution < -0.4 is 0 Å². The molecule has 0 aromatic rings. The molecule has 0 aromatic heterocycles. The van der Waals surface area contributed by atoms with Gasteiger partial charge in [0.15, 0.2) is 23.0 Å². The van der Waals surface area contributed by atoms with Crippen molar-refractivity contribution < 1.29 is 82.6 Å². The lowest BCUT2D eigenvalue weighted by atomic mass is 10.1. The van der Waals surface area contributed by atoms with Crippen LogP contribution in [-0.4, -0.2) is 134 Å². The average molecular weight is 721 g/mol. The molecule has 0 amide bonds. The molecule has 17 nitrogen and oxygen atoms in total. The van der Waals surface area contributed by atoms with Crippen LogP contribution in [0.4, 0.5) is 0 Å². The zero-order valence-corrected chi connectivity index (χ0v) is 29.1. The van der Waals surface area contributed by atoms with E-state index in [9.17, 15) is 44.7 Å². The smallest absolute Gasteiger partial charge is 0.373 e. The van der Waals surface area contributed by atoms with Crippen LogP contribution in [0.25, 0.3) is 0 Å². The van der Waals surface area contributed by atoms with Crippen molar-refractivity contribution in [3.63, 3.8) is 0 Å². The minimum Gasteiger partial charge on any atom is -0.502 e. The third-order valence-corrected chi connectivity index (χ3v) is 6.33. The van der Waals surface area contributed by atoms with Crippen LogP contribution in [0.15, 0.2) is 47.3 Å². The van der Waals surface area contributed by atoms with Crippen molar-refractivity contribution in [3.8, 4) is 0 Å². The lowest BCUT2D eigenvalue weighted by Crippen LogP contribution is -2.47. The van der Waals surface area contributed by atoms with E-state index in [1.807, 2.05) is 0 Å². The molecule has 0 aliphatic heterocycles. The molecular formula is C33H52O17. The highest BCUT2D eigenvalue weighted by Crippen LogP contribution is 2.16. The summed E-state index contributed by atoms with van der Waals surface area (Å²) in [4.78, 5) is 46.8. The number of esters is 4. The van der Waals surface area contributed by atoms with Gasteiger partial charge in [0.1, 0.15) is 18.3 Å². The van der Waals surface area contributed by atoms with Gasteiger partial charge in [-0.05, 0) is 52.0 Å². The van der Waals surface area contributed by atoms with Crippen molar-refractivity contribution >= 4 is 23.9 Å². The van der Waals surface area contributed by atoms with Gasteiger partial charge in [0.05, 0.1) is 59.5 Å². The van der Waals surface area contributed by atoms with Gasteiger partial charge >= 0.3 is 23.9 Å². The third kappa shape index (κ3) is 20.4. The molecule has 0 fully saturated rings. The molecule has 0 bridgehead atoms. The molecule has 0 spiro atoms. The molecule has 0 aromatic carbocycles. The number of carbonyl (C=O) groups excluding carboxylic acids is 4. The second-order valence-corrected chi connectivity index (χ2v) is 10.1. The highest BCUT2D eigenvalue weighted by molar-refractivity contribution is 5.86. The topological polar surface area (TPSA) is 243 Å². The summed E-state index contributed by atoms with van der Waals surface area (Å²) in [7, 11) is 0. The molecule has 0 saturated carbocycles. The van der Waals surface area contributed by atoms with Gasteiger partial charge < -0.3 is 63.4 Å². The Balaban J connectivity index is 5.64. The van der Waals surface area contributed by atoms with Crippen molar-refractivity contribution in [2.24, 2.45) is 0 Å². The van der Waals surface area contributed by atoms with Crippen molar-refractivity contribution in [1.29, 1.82) is 0 Å². The van der Waals surface area contributed by atoms with Crippen molar-refractivity contribution in [3.05, 3.63) is 47.3 Å². The summed E-state index contributed by atoms with van der Waals surface area (Å²) in [6.45, 7) is 4.99. The van der Waals surface area contributed by atoms with E-state index >= 15 is 0 Å². The van der Waals surface area contributed by atoms with Gasteiger partial charge in [-0.2, -0.15) is 0 Å². The number of hydrogen-bond acceptors (Lipinski definition) is 17. The Morgan fingerprint density at radius 1 is 0.480 bits per heavy atom. The van der Waals surface area contributed by atoms with Crippen LogP contribution in [0.5, 0.6) is 0 Å². The highest BCUT2D eigenvalue weighted by atomic mass is 16.6. The molecule has 0 aliphatic rings. The second kappa shape index (κ2) is 28.7. The standard InChI is InChI=1S/C33H52O17/c1-5-23(35)30(39)47-17-9-13-43-22-28(45-15-11-19-49-32(41)25(37)7-3)29(46-16-12-20-50-33(42)26(38)8-4)27(21-34)44-14-10-18-48-31(40)24(36)6-2/h5-8,27-29,34-38H,9-22H2,1-4H3. The SMILES string of the molecule is CC=C(O)C(=O)OCCCOCC(OCCCOC(=O)C(O)=CC)C(OCCCOC(=O)C(O)=CC)C(CO)OCCCOC(=O)C(O)=CC. The predicted octanol–water partition coefficient (Wildman–Crippen LogP) is 2.73. The first-order valence-corrected chi connectivity index (χ1v) is 16.1. The van der Waals surface area contributed by atoms with E-state index < -0.39 is 71.8 Å². The fraction of sp³-hybridized carbons (Fsp3) is 0.636. The summed E-state index contributed by atoms with van der Waals surface area (Å²) in [5.74, 6) is -5.75. The first-order chi connectivity index (χ1) is 24.0. The predicted molar refractivity (Wildman–Crippen MR) is 175 cm³/mol. The zero-order valence-electron chi connectivity index (χ0n) is 29.1. The largest absolute Gasteiger partial charge is 0.502 e. The molecule has 0 rings (SSSR count). The molecule has 17 heteroatoms. The van der Waals surface area contributed by atoms with Gasteiger partial charge in [-0.15, -0.1) is 0 Å². The Kier molecular flexibility index (Phi) is 26.3. The maximum Gasteiger partial charge on any atom is 0.373 e. The molecule has 3 atom stereocenters. The number of ether oxygens (including phenoxy) is 8. The fourth-order valence-corrected chi connectivity index (χ4v) is 3.60. The van der Waals surface area contributed by atoms with Crippen LogP contribution in [0, 0.1) is 0 Å². The quantitative estimate of drug-likeness (QED) is 0.0256. The number of rotatable bonds is 28. The summed E-state index contributed by atoms with van der Waals surface area (Å²) >= 11 is 0. The molecule has 286 valence electrons. The van der Waals surface area contributed by atoms with E-state index in [1.54, 1.807) is 0 Å². The summed E-state index contributed by atoms with van der Waals surface area (Å²) in [5, 5.41) is 48.1. The Morgan fingerprint density at radius 2 is 0.800 bits per heavy atom. The first-order valence-electron chi connectivity index (χ1n) is 16.1. The summed E-state index contributed by atoms with van der Waals surface area (Å²) in [6.07, 6.45) is 2.70. The number of carbonyl (C=O) groups is 4. The maximum absolute atomic E-state index is 11.7. The Labute approximate surface area is 291 Å². The molecule has 0 aliphatic carbocycles. The van der Waals surface area contributed by atoms with E-state index in [-0.39, 0.29) is 85.1 Å². The molecular weight excluding hydrogens is 668 g/mol. The molecule has 3 unspecified atom stereocenters. The third-order valence-electron chi connectivity index (χ3n) is 6.33. The lowest BCUT2D eigenvalue weighted by Gasteiger charge is -2.33. The molecule has 0 radical (unpaired) electrons. The van der Waals surface area contributed by atoms with E-state index in [0.717, 1.165) is 0 Å². The number of aliphatic hydroxyl groups is 5. The normalized spacial score (nSPS) is 14.4. The van der Waals surface area contributed by atoms with Crippen LogP contribution in [0.1, 0.15) is 53.4 Å². The molecule has 0 heterocycles. The zero-order chi connectivity index (χ0) is 37.7. The van der Waals surface area contributed by atoms with E-state index in [4.69, 9.17) is 37.9 Å². The van der Waals surface area contributed by atoms with Crippen LogP contribution in [-0.2, 0) is 57.1 Å². The number of hydrogen-bond donors (Lipinski definition) is 5. The second-order valence-electron chi connectivity index (χ2n) is 10.1. The number of aliphatic hydroxyl groups excluding tert-OH is 5. The Bertz CT molecular complexity index is 1130. The van der Waals surface area contributed by atoms with Crippen LogP contribution in [0.3, 0.4) is 0 Å². The summed E-state index contributed by atoms with van der Waals surface area (Å²) < 4.78 is 43.5. The van der Waals surface area contributed by atoms with Crippen molar-refractivity contribution in [1.82, 2.24) is 0 Å². The minimum absolute atomic E-state index is 0.00238. The lowest BCUT2D eigenvalue weighted by molar-refractivity contribution is -0.169. The fourth-order valence-electron chi connectivity index (χ4n) is 3.60. The van der Waals surface area contributed by atoms with E-state index in [1.165, 1.54) is 52.0 Å². The monoisotopic (exact) mass is 720 g/mol. The molecule has 0 saturated heterocycles. The highest BCUT2D eigenvalue weighted by Gasteiger charge is 2.32. The maximum atomic E-state index is 11.7. The Hall–Kier alpha value is -4.16. The van der Waals surface area contributed by atoms with Crippen molar-refractivity contribution in [2.75, 3.05) is 66.1 Å². The van der Waals surface area contributed by atoms with E-state index in [0.29, 0.717) is 0 Å². The van der Waals surface area contributed by atoms with Crippen LogP contribution >= 0.6 is 0 Å². The van der Waals surface area contributed by atoms with Gasteiger partial charge in [-0.3, -0.25) is 0 Å². The van der Waals surface area contributed by atoms with Gasteiger partial charge in [0.25, 0.3) is 0 Å². The molecule has 50 heavy (non-hydrogen) atoms. The van der Waals surface area contributed by atoms with E-state index in [2.05, 4.69) is 0 Å². The van der Waals surface area contributed by atoms with Crippen molar-refractivity contribution in [2.45, 2.75) is 71.7 Å². The average Bonchev–Trinajstić information content (AvgIpc) is 3.13. The number of allylic oxidation sites excluding steroid dienone is 4. The van der Waals surface area contributed by atoms with Gasteiger partial charge in [-0.25, -0.2) is 19.2 Å². The Morgan fingerprint density at radius 3 is 1.14 bits per heavy atom. The van der Waals surface area contributed by atoms with Gasteiger partial charge in [0.2, 0.25) is 0 Å². The summed E-state index contributed by atoms with van der Waals surface area (Å²) in [5.41, 5.74) is 0. The van der Waals surface area contributed by atoms with Crippen LogP contribution in [0.2, 0.25) is 0 Å². The van der Waals surface area contributed by atoms with Gasteiger partial charge in [0, 0.05) is 32.3 Å². The first kappa shape index (κ1) is 45.8.